The molecule has 2 aromatic heterocycles. The van der Waals surface area contributed by atoms with Gasteiger partial charge in [-0.05, 0) is 124 Å². The number of cyclic esters (lactones) is 1. The lowest BCUT2D eigenvalue weighted by atomic mass is 9.83. The molecule has 6 fully saturated rings. The van der Waals surface area contributed by atoms with Gasteiger partial charge in [0.2, 0.25) is 5.91 Å². The lowest BCUT2D eigenvalue weighted by Crippen LogP contribution is -2.63. The first kappa shape index (κ1) is 49.8. The summed E-state index contributed by atoms with van der Waals surface area (Å²) in [4.78, 5) is 59.4. The topological polar surface area (TPSA) is 140 Å². The molecular weight excluding hydrogens is 905 g/mol. The Hall–Kier alpha value is -4.38. The van der Waals surface area contributed by atoms with Crippen LogP contribution in [0.4, 0.5) is 5.69 Å². The van der Waals surface area contributed by atoms with E-state index in [2.05, 4.69) is 111 Å². The summed E-state index contributed by atoms with van der Waals surface area (Å²) < 4.78 is 14.8. The number of aryl methyl sites for hydroxylation is 1. The molecule has 0 radical (unpaired) electrons. The van der Waals surface area contributed by atoms with Crippen molar-refractivity contribution in [1.29, 1.82) is 0 Å². The van der Waals surface area contributed by atoms with Crippen LogP contribution in [0.2, 0.25) is 0 Å². The second-order valence-electron chi connectivity index (χ2n) is 24.0. The molecule has 7 aliphatic heterocycles. The number of likely N-dealkylation sites (tertiary alicyclic amines) is 1. The van der Waals surface area contributed by atoms with Gasteiger partial charge in [0.25, 0.3) is 5.91 Å². The number of benzene rings is 1. The fraction of sp³-hybridized carbons (Fsp3) is 0.684. The van der Waals surface area contributed by atoms with Crippen molar-refractivity contribution in [3.8, 4) is 11.3 Å². The van der Waals surface area contributed by atoms with Gasteiger partial charge < -0.3 is 29.6 Å². The predicted molar refractivity (Wildman–Crippen MR) is 282 cm³/mol. The predicted octanol–water partition coefficient (Wildman–Crippen LogP) is 5.81. The number of esters is 1. The number of rotatable bonds is 8. The van der Waals surface area contributed by atoms with Crippen LogP contribution in [0.15, 0.2) is 36.5 Å². The Labute approximate surface area is 427 Å². The van der Waals surface area contributed by atoms with Crippen LogP contribution < -0.4 is 21.0 Å². The number of anilines is 1. The Balaban J connectivity index is 0.954. The number of amides is 2. The summed E-state index contributed by atoms with van der Waals surface area (Å²) in [6.07, 6.45) is 13.8. The zero-order chi connectivity index (χ0) is 49.7. The molecule has 6 atom stereocenters. The number of fused-ring (bicyclic) bond motifs is 7. The largest absolute Gasteiger partial charge is 0.464 e. The number of morpholine rings is 1. The second kappa shape index (κ2) is 20.7. The molecule has 9 heterocycles. The van der Waals surface area contributed by atoms with Crippen LogP contribution >= 0.6 is 0 Å². The highest BCUT2D eigenvalue weighted by molar-refractivity contribution is 5.95. The van der Waals surface area contributed by atoms with Gasteiger partial charge >= 0.3 is 5.97 Å². The van der Waals surface area contributed by atoms with Crippen molar-refractivity contribution in [2.75, 3.05) is 103 Å². The Morgan fingerprint density at radius 1 is 0.986 bits per heavy atom. The van der Waals surface area contributed by atoms with Gasteiger partial charge in [-0.1, -0.05) is 52.7 Å². The first-order chi connectivity index (χ1) is 34.9. The molecule has 3 N–H and O–H groups in total. The number of carbonyl (C=O) groups excluding carboxylic acids is 3. The van der Waals surface area contributed by atoms with Crippen LogP contribution in [0.5, 0.6) is 0 Å². The lowest BCUT2D eigenvalue weighted by Gasteiger charge is -2.44. The van der Waals surface area contributed by atoms with Gasteiger partial charge in [0.1, 0.15) is 12.1 Å². The maximum atomic E-state index is 15.0. The Morgan fingerprint density at radius 2 is 1.85 bits per heavy atom. The van der Waals surface area contributed by atoms with E-state index >= 15 is 4.79 Å². The summed E-state index contributed by atoms with van der Waals surface area (Å²) in [5, 5.41) is 9.84. The Kier molecular flexibility index (Phi) is 14.3. The molecule has 1 aliphatic carbocycles. The number of hydrogen-bond donors (Lipinski definition) is 3. The number of piperazine rings is 1. The Morgan fingerprint density at radius 3 is 2.65 bits per heavy atom. The van der Waals surface area contributed by atoms with E-state index in [0.717, 1.165) is 141 Å². The number of ether oxygens (including phenoxy) is 2. The van der Waals surface area contributed by atoms with Crippen molar-refractivity contribution < 1.29 is 23.9 Å². The van der Waals surface area contributed by atoms with Crippen LogP contribution in [0, 0.1) is 16.7 Å². The fourth-order valence-electron chi connectivity index (χ4n) is 14.1. The number of hydrogen-bond acceptors (Lipinski definition) is 12. The minimum absolute atomic E-state index is 0.0228. The van der Waals surface area contributed by atoms with Gasteiger partial charge in [-0.15, -0.1) is 0 Å². The smallest absolute Gasteiger partial charge is 0.324 e. The highest BCUT2D eigenvalue weighted by Crippen LogP contribution is 2.44. The molecule has 6 bridgehead atoms. The summed E-state index contributed by atoms with van der Waals surface area (Å²) in [5.41, 5.74) is 12.5. The number of aromatic nitrogens is 2. The summed E-state index contributed by atoms with van der Waals surface area (Å²) in [5.74, 6) is -0.0952. The minimum Gasteiger partial charge on any atom is -0.464 e. The van der Waals surface area contributed by atoms with E-state index in [-0.39, 0.29) is 47.7 Å². The maximum Gasteiger partial charge on any atom is 0.324 e. The van der Waals surface area contributed by atoms with E-state index in [4.69, 9.17) is 14.5 Å². The molecule has 15 nitrogen and oxygen atoms in total. The quantitative estimate of drug-likeness (QED) is 0.235. The van der Waals surface area contributed by atoms with Gasteiger partial charge in [0.05, 0.1) is 55.2 Å². The molecule has 1 aromatic carbocycles. The van der Waals surface area contributed by atoms with Gasteiger partial charge in [0.15, 0.2) is 0 Å². The molecule has 15 heteroatoms. The molecule has 72 heavy (non-hydrogen) atoms. The lowest BCUT2D eigenvalue weighted by molar-refractivity contribution is -0.155. The van der Waals surface area contributed by atoms with Crippen molar-refractivity contribution in [3.05, 3.63) is 53.4 Å². The third-order valence-corrected chi connectivity index (χ3v) is 18.0. The van der Waals surface area contributed by atoms with Crippen molar-refractivity contribution in [1.82, 2.24) is 45.3 Å². The SMILES string of the molecule is CCn1c(-c2cc(N3CCN4CCOC[C@@H]4C3)cnc2C(C)C)c2c3cc(ccc31)C1=CCCN(C1)C[C@H](NC(=O)[C@H](C1CCCC1)N1CC[C@]3(CCNC3)C1)C(=O)N1CCC[C@H](N1)C(=O)OCC(C)(C)C2. The third-order valence-electron chi connectivity index (χ3n) is 18.0. The van der Waals surface area contributed by atoms with Crippen LogP contribution in [0.3, 0.4) is 0 Å². The van der Waals surface area contributed by atoms with Gasteiger partial charge in [0, 0.05) is 93.9 Å². The molecule has 1 saturated carbocycles. The molecule has 1 spiro atoms. The van der Waals surface area contributed by atoms with E-state index in [1.165, 1.54) is 33.3 Å². The summed E-state index contributed by atoms with van der Waals surface area (Å²) in [7, 11) is 0. The zero-order valence-corrected chi connectivity index (χ0v) is 44.0. The van der Waals surface area contributed by atoms with E-state index < -0.39 is 17.5 Å². The van der Waals surface area contributed by atoms with Crippen molar-refractivity contribution >= 4 is 39.9 Å². The summed E-state index contributed by atoms with van der Waals surface area (Å²) in [6.45, 7) is 23.7. The molecule has 1 unspecified atom stereocenters. The highest BCUT2D eigenvalue weighted by Gasteiger charge is 2.47. The molecule has 5 saturated heterocycles. The second-order valence-corrected chi connectivity index (χ2v) is 24.0. The van der Waals surface area contributed by atoms with E-state index in [1.54, 1.807) is 5.01 Å². The minimum atomic E-state index is -0.792. The van der Waals surface area contributed by atoms with Gasteiger partial charge in [-0.3, -0.25) is 39.1 Å². The summed E-state index contributed by atoms with van der Waals surface area (Å²) in [6, 6.07) is 8.03. The van der Waals surface area contributed by atoms with Crippen LogP contribution in [-0.4, -0.2) is 170 Å². The van der Waals surface area contributed by atoms with Crippen LogP contribution in [0.1, 0.15) is 115 Å². The normalized spacial score (nSPS) is 29.4. The molecule has 390 valence electrons. The average Bonchev–Trinajstić information content (AvgIpc) is 4.23. The fourth-order valence-corrected chi connectivity index (χ4v) is 14.1. The molecule has 8 aliphatic rings. The number of hydrazine groups is 1. The molecule has 3 aromatic rings. The van der Waals surface area contributed by atoms with Gasteiger partial charge in [-0.25, -0.2) is 5.43 Å². The summed E-state index contributed by atoms with van der Waals surface area (Å²) >= 11 is 0. The van der Waals surface area contributed by atoms with Crippen molar-refractivity contribution in [3.63, 3.8) is 0 Å². The standard InChI is InChI=1S/C57H82N10O5/c1-6-66-49-16-15-40-27-44(49)46(52(66)45-28-42(30-59-50(45)38(2)3)64-24-23-63-25-26-71-34-43(63)32-64)29-56(4,5)37-72-55(70)47-14-10-21-67(61-47)54(69)48(33-62-20-9-13-41(40)31-62)60-53(68)51(39-11-7-8-12-39)65-22-18-57(36-65)17-19-58-35-57/h13,15-16,27-28,30,38-39,43,47-48,51,58,61H,6-12,14,17-26,29,31-37H2,1-5H3,(H,60,68)/t43-,47-,48-,51-,57-/m0/s1. The van der Waals surface area contributed by atoms with Crippen molar-refractivity contribution in [2.45, 2.75) is 135 Å². The number of nitrogens with zero attached hydrogens (tertiary/aromatic N) is 7. The van der Waals surface area contributed by atoms with Gasteiger partial charge in [-0.2, -0.15) is 0 Å². The molecule has 2 amide bonds. The Bertz CT molecular complexity index is 2530. The maximum absolute atomic E-state index is 15.0. The van der Waals surface area contributed by atoms with Crippen molar-refractivity contribution in [2.24, 2.45) is 16.7 Å². The van der Waals surface area contributed by atoms with Crippen LogP contribution in [-0.2, 0) is 36.8 Å². The average molecular weight is 987 g/mol. The zero-order valence-electron chi connectivity index (χ0n) is 44.0. The van der Waals surface area contributed by atoms with E-state index in [9.17, 15) is 9.59 Å². The number of carbonyl (C=O) groups is 3. The number of nitrogens with one attached hydrogen (secondary N) is 3. The molecular formula is C57H82N10O5. The van der Waals surface area contributed by atoms with E-state index in [0.29, 0.717) is 44.9 Å². The first-order valence-corrected chi connectivity index (χ1v) is 28.0. The monoisotopic (exact) mass is 987 g/mol. The first-order valence-electron chi connectivity index (χ1n) is 28.0. The number of pyridine rings is 1. The third kappa shape index (κ3) is 9.99. The van der Waals surface area contributed by atoms with Crippen LogP contribution in [0.25, 0.3) is 27.7 Å². The molecule has 11 rings (SSSR count). The highest BCUT2D eigenvalue weighted by atomic mass is 16.5. The van der Waals surface area contributed by atoms with E-state index in [1.807, 2.05) is 0 Å².